The Hall–Kier alpha value is -1.10. The predicted molar refractivity (Wildman–Crippen MR) is 73.7 cm³/mol. The van der Waals surface area contributed by atoms with E-state index in [0.29, 0.717) is 18.6 Å². The Bertz CT molecular complexity index is 349. The molecule has 2 N–H and O–H groups in total. The van der Waals surface area contributed by atoms with Gasteiger partial charge in [0, 0.05) is 18.1 Å². The first kappa shape index (κ1) is 14.3. The van der Waals surface area contributed by atoms with Gasteiger partial charge in [0.15, 0.2) is 0 Å². The van der Waals surface area contributed by atoms with Gasteiger partial charge in [-0.25, -0.2) is 4.79 Å². The zero-order valence-electron chi connectivity index (χ0n) is 12.1. The SMILES string of the molecule is CC(C)NC(=O)NC(=O)CN(C1CC1)C(C)C1CC1. The molecule has 0 radical (unpaired) electrons. The molecule has 3 amide bonds. The minimum absolute atomic E-state index is 0.0396. The van der Waals surface area contributed by atoms with E-state index < -0.39 is 6.03 Å². The smallest absolute Gasteiger partial charge is 0.321 e. The summed E-state index contributed by atoms with van der Waals surface area (Å²) in [4.78, 5) is 25.7. The molecule has 5 nitrogen and oxygen atoms in total. The minimum Gasteiger partial charge on any atom is -0.336 e. The first-order valence-electron chi connectivity index (χ1n) is 7.33. The second kappa shape index (κ2) is 5.90. The number of nitrogens with zero attached hydrogens (tertiary/aromatic N) is 1. The quantitative estimate of drug-likeness (QED) is 0.766. The van der Waals surface area contributed by atoms with Gasteiger partial charge >= 0.3 is 6.03 Å². The number of hydrogen-bond donors (Lipinski definition) is 2. The normalized spacial score (nSPS) is 20.5. The lowest BCUT2D eigenvalue weighted by Crippen LogP contribution is -2.48. The number of imide groups is 1. The highest BCUT2D eigenvalue weighted by Gasteiger charge is 2.39. The molecule has 2 rings (SSSR count). The van der Waals surface area contributed by atoms with Crippen molar-refractivity contribution in [2.75, 3.05) is 6.54 Å². The van der Waals surface area contributed by atoms with Gasteiger partial charge in [0.25, 0.3) is 0 Å². The van der Waals surface area contributed by atoms with E-state index in [9.17, 15) is 9.59 Å². The maximum Gasteiger partial charge on any atom is 0.321 e. The Morgan fingerprint density at radius 2 is 1.79 bits per heavy atom. The molecule has 19 heavy (non-hydrogen) atoms. The van der Waals surface area contributed by atoms with Gasteiger partial charge in [-0.15, -0.1) is 0 Å². The van der Waals surface area contributed by atoms with E-state index in [4.69, 9.17) is 0 Å². The van der Waals surface area contributed by atoms with E-state index in [0.717, 1.165) is 5.92 Å². The van der Waals surface area contributed by atoms with Crippen molar-refractivity contribution in [1.82, 2.24) is 15.5 Å². The lowest BCUT2D eigenvalue weighted by Gasteiger charge is -2.28. The maximum absolute atomic E-state index is 11.9. The van der Waals surface area contributed by atoms with Gasteiger partial charge in [0.05, 0.1) is 6.54 Å². The molecule has 2 fully saturated rings. The summed E-state index contributed by atoms with van der Waals surface area (Å²) in [5.74, 6) is 0.551. The zero-order chi connectivity index (χ0) is 14.0. The van der Waals surface area contributed by atoms with Crippen LogP contribution in [-0.2, 0) is 4.79 Å². The number of carbonyl (C=O) groups excluding carboxylic acids is 2. The van der Waals surface area contributed by atoms with E-state index in [1.807, 2.05) is 13.8 Å². The van der Waals surface area contributed by atoms with Crippen LogP contribution in [-0.4, -0.2) is 41.5 Å². The second-order valence-corrected chi connectivity index (χ2v) is 6.16. The van der Waals surface area contributed by atoms with Gasteiger partial charge in [-0.05, 0) is 52.4 Å². The first-order chi connectivity index (χ1) is 8.97. The van der Waals surface area contributed by atoms with Crippen LogP contribution >= 0.6 is 0 Å². The molecule has 0 heterocycles. The van der Waals surface area contributed by atoms with Gasteiger partial charge in [-0.2, -0.15) is 0 Å². The van der Waals surface area contributed by atoms with Crippen molar-refractivity contribution in [3.63, 3.8) is 0 Å². The molecule has 2 saturated carbocycles. The molecule has 5 heteroatoms. The van der Waals surface area contributed by atoms with E-state index in [1.165, 1.54) is 25.7 Å². The molecule has 108 valence electrons. The summed E-state index contributed by atoms with van der Waals surface area (Å²) in [6, 6.07) is 0.661. The molecule has 0 bridgehead atoms. The van der Waals surface area contributed by atoms with Gasteiger partial charge < -0.3 is 5.32 Å². The second-order valence-electron chi connectivity index (χ2n) is 6.16. The average Bonchev–Trinajstić information content (AvgIpc) is 3.15. The van der Waals surface area contributed by atoms with Crippen molar-refractivity contribution in [1.29, 1.82) is 0 Å². The highest BCUT2D eigenvalue weighted by atomic mass is 16.2. The van der Waals surface area contributed by atoms with E-state index >= 15 is 0 Å². The summed E-state index contributed by atoms with van der Waals surface area (Å²) in [5.41, 5.74) is 0. The first-order valence-corrected chi connectivity index (χ1v) is 7.33. The average molecular weight is 267 g/mol. The van der Waals surface area contributed by atoms with Crippen molar-refractivity contribution in [3.05, 3.63) is 0 Å². The van der Waals surface area contributed by atoms with Crippen molar-refractivity contribution >= 4 is 11.9 Å². The standard InChI is InChI=1S/C14H25N3O2/c1-9(2)15-14(19)16-13(18)8-17(12-6-7-12)10(3)11-4-5-11/h9-12H,4-8H2,1-3H3,(H2,15,16,18,19). The van der Waals surface area contributed by atoms with Crippen molar-refractivity contribution < 1.29 is 9.59 Å². The number of hydrogen-bond acceptors (Lipinski definition) is 3. The lowest BCUT2D eigenvalue weighted by molar-refractivity contribution is -0.121. The number of amides is 3. The molecule has 2 aliphatic carbocycles. The van der Waals surface area contributed by atoms with Crippen LogP contribution in [0, 0.1) is 5.92 Å². The number of nitrogens with one attached hydrogen (secondary N) is 2. The van der Waals surface area contributed by atoms with Gasteiger partial charge in [-0.3, -0.25) is 15.0 Å². The maximum atomic E-state index is 11.9. The molecule has 0 aliphatic heterocycles. The van der Waals surface area contributed by atoms with Crippen molar-refractivity contribution in [2.45, 2.75) is 64.6 Å². The van der Waals surface area contributed by atoms with Crippen molar-refractivity contribution in [3.8, 4) is 0 Å². The van der Waals surface area contributed by atoms with Crippen LogP contribution in [0.1, 0.15) is 46.5 Å². The molecule has 1 unspecified atom stereocenters. The molecule has 2 aliphatic rings. The zero-order valence-corrected chi connectivity index (χ0v) is 12.1. The predicted octanol–water partition coefficient (Wildman–Crippen LogP) is 1.48. The Morgan fingerprint density at radius 1 is 1.16 bits per heavy atom. The summed E-state index contributed by atoms with van der Waals surface area (Å²) >= 11 is 0. The van der Waals surface area contributed by atoms with Crippen LogP contribution in [0.3, 0.4) is 0 Å². The fraction of sp³-hybridized carbons (Fsp3) is 0.857. The Labute approximate surface area is 115 Å². The van der Waals surface area contributed by atoms with Crippen molar-refractivity contribution in [2.24, 2.45) is 5.92 Å². The minimum atomic E-state index is -0.394. The fourth-order valence-electron chi connectivity index (χ4n) is 2.49. The Balaban J connectivity index is 1.79. The number of urea groups is 1. The third-order valence-electron chi connectivity index (χ3n) is 3.84. The summed E-state index contributed by atoms with van der Waals surface area (Å²) < 4.78 is 0. The molecule has 0 aromatic heterocycles. The summed E-state index contributed by atoms with van der Waals surface area (Å²) in [7, 11) is 0. The highest BCUT2D eigenvalue weighted by Crippen LogP contribution is 2.39. The molecule has 0 saturated heterocycles. The molecule has 1 atom stereocenters. The largest absolute Gasteiger partial charge is 0.336 e. The summed E-state index contributed by atoms with van der Waals surface area (Å²) in [6.07, 6.45) is 4.92. The molecule has 0 aromatic rings. The van der Waals surface area contributed by atoms with Crippen LogP contribution in [0.4, 0.5) is 4.79 Å². The lowest BCUT2D eigenvalue weighted by atomic mass is 10.1. The third kappa shape index (κ3) is 4.49. The summed E-state index contributed by atoms with van der Waals surface area (Å²) in [5, 5.41) is 5.07. The summed E-state index contributed by atoms with van der Waals surface area (Å²) in [6.45, 7) is 6.29. The molecular formula is C14H25N3O2. The monoisotopic (exact) mass is 267 g/mol. The van der Waals surface area contributed by atoms with Gasteiger partial charge in [0.1, 0.15) is 0 Å². The van der Waals surface area contributed by atoms with Crippen LogP contribution in [0.25, 0.3) is 0 Å². The topological polar surface area (TPSA) is 61.4 Å². The van der Waals surface area contributed by atoms with Crippen LogP contribution in [0.15, 0.2) is 0 Å². The third-order valence-corrected chi connectivity index (χ3v) is 3.84. The van der Waals surface area contributed by atoms with Crippen LogP contribution in [0.5, 0.6) is 0 Å². The van der Waals surface area contributed by atoms with Gasteiger partial charge in [0.2, 0.25) is 5.91 Å². The highest BCUT2D eigenvalue weighted by molar-refractivity contribution is 5.95. The number of rotatable bonds is 6. The van der Waals surface area contributed by atoms with Crippen LogP contribution < -0.4 is 10.6 Å². The Kier molecular flexibility index (Phi) is 4.45. The molecule has 0 aromatic carbocycles. The van der Waals surface area contributed by atoms with Gasteiger partial charge in [-0.1, -0.05) is 0 Å². The fourth-order valence-corrected chi connectivity index (χ4v) is 2.49. The number of carbonyl (C=O) groups is 2. The van der Waals surface area contributed by atoms with E-state index in [2.05, 4.69) is 22.5 Å². The molecular weight excluding hydrogens is 242 g/mol. The van der Waals surface area contributed by atoms with E-state index in [1.54, 1.807) is 0 Å². The molecule has 0 spiro atoms. The van der Waals surface area contributed by atoms with E-state index in [-0.39, 0.29) is 11.9 Å². The van der Waals surface area contributed by atoms with Crippen LogP contribution in [0.2, 0.25) is 0 Å². The Morgan fingerprint density at radius 3 is 2.26 bits per heavy atom.